The second-order valence-electron chi connectivity index (χ2n) is 9.49. The predicted molar refractivity (Wildman–Crippen MR) is 150 cm³/mol. The topological polar surface area (TPSA) is 112 Å². The van der Waals surface area contributed by atoms with Gasteiger partial charge < -0.3 is 13.9 Å². The number of hydrogen-bond acceptors (Lipinski definition) is 7. The molecule has 0 spiro atoms. The molecule has 3 aromatic carbocycles. The number of hydrogen-bond donors (Lipinski definition) is 1. The zero-order chi connectivity index (χ0) is 28.3. The van der Waals surface area contributed by atoms with Crippen LogP contribution in [0.25, 0.3) is 22.1 Å². The van der Waals surface area contributed by atoms with Gasteiger partial charge in [0.25, 0.3) is 0 Å². The van der Waals surface area contributed by atoms with Gasteiger partial charge in [0, 0.05) is 17.0 Å². The van der Waals surface area contributed by atoms with E-state index < -0.39 is 27.7 Å². The maximum atomic E-state index is 13.3. The van der Waals surface area contributed by atoms with E-state index in [9.17, 15) is 18.0 Å². The smallest absolute Gasteiger partial charge is 0.336 e. The summed E-state index contributed by atoms with van der Waals surface area (Å²) in [5.41, 5.74) is 2.54. The Morgan fingerprint density at radius 1 is 1.00 bits per heavy atom. The standard InChI is InChI=1S/C30H31NO7S/c1-6-19(3)28(31-39(34,35)23-13-7-18(2)8-14-23)30(33)37-26-16-15-24-25(17-27(32)38-29(24)20(26)4)21-9-11-22(36-5)12-10-21/h7-17,19,28,31H,6H2,1-5H3. The van der Waals surface area contributed by atoms with Gasteiger partial charge in [-0.15, -0.1) is 0 Å². The van der Waals surface area contributed by atoms with E-state index in [0.717, 1.165) is 11.1 Å². The van der Waals surface area contributed by atoms with Crippen molar-refractivity contribution in [3.63, 3.8) is 0 Å². The molecule has 0 aliphatic rings. The molecular weight excluding hydrogens is 518 g/mol. The lowest BCUT2D eigenvalue weighted by molar-refractivity contribution is -0.137. The van der Waals surface area contributed by atoms with Crippen LogP contribution in [0.5, 0.6) is 11.5 Å². The minimum atomic E-state index is -3.98. The second-order valence-corrected chi connectivity index (χ2v) is 11.2. The van der Waals surface area contributed by atoms with Gasteiger partial charge in [-0.3, -0.25) is 0 Å². The highest BCUT2D eigenvalue weighted by Crippen LogP contribution is 2.34. The van der Waals surface area contributed by atoms with E-state index in [1.165, 1.54) is 18.2 Å². The second kappa shape index (κ2) is 11.4. The van der Waals surface area contributed by atoms with Crippen LogP contribution in [0.2, 0.25) is 0 Å². The maximum Gasteiger partial charge on any atom is 0.336 e. The van der Waals surface area contributed by atoms with Crippen molar-refractivity contribution in [2.75, 3.05) is 7.11 Å². The molecule has 39 heavy (non-hydrogen) atoms. The SMILES string of the molecule is CCC(C)C(NS(=O)(=O)c1ccc(C)cc1)C(=O)Oc1ccc2c(-c3ccc(OC)cc3)cc(=O)oc2c1C. The summed E-state index contributed by atoms with van der Waals surface area (Å²) in [4.78, 5) is 25.8. The van der Waals surface area contributed by atoms with E-state index in [1.54, 1.807) is 57.4 Å². The minimum absolute atomic E-state index is 0.0592. The average molecular weight is 550 g/mol. The summed E-state index contributed by atoms with van der Waals surface area (Å²) in [6, 6.07) is 17.3. The summed E-state index contributed by atoms with van der Waals surface area (Å²) in [5.74, 6) is -0.245. The number of carbonyl (C=O) groups excluding carboxylic acids is 1. The first-order chi connectivity index (χ1) is 18.5. The van der Waals surface area contributed by atoms with Crippen LogP contribution in [0, 0.1) is 19.8 Å². The van der Waals surface area contributed by atoms with Crippen molar-refractivity contribution in [3.8, 4) is 22.6 Å². The highest BCUT2D eigenvalue weighted by atomic mass is 32.2. The van der Waals surface area contributed by atoms with E-state index in [4.69, 9.17) is 13.9 Å². The van der Waals surface area contributed by atoms with Gasteiger partial charge in [-0.1, -0.05) is 50.1 Å². The van der Waals surface area contributed by atoms with Crippen molar-refractivity contribution in [1.29, 1.82) is 0 Å². The normalized spacial score (nSPS) is 13.2. The molecule has 0 fully saturated rings. The number of aryl methyl sites for hydroxylation is 2. The lowest BCUT2D eigenvalue weighted by Gasteiger charge is -2.23. The number of ether oxygens (including phenoxy) is 2. The van der Waals surface area contributed by atoms with E-state index in [2.05, 4.69) is 4.72 Å². The Hall–Kier alpha value is -3.95. The number of carbonyl (C=O) groups is 1. The molecule has 9 heteroatoms. The van der Waals surface area contributed by atoms with Crippen LogP contribution in [0.3, 0.4) is 0 Å². The number of nitrogens with one attached hydrogen (secondary N) is 1. The van der Waals surface area contributed by atoms with Crippen LogP contribution in [0.15, 0.2) is 80.8 Å². The third-order valence-electron chi connectivity index (χ3n) is 6.80. The Labute approximate surface area is 227 Å². The molecule has 4 rings (SSSR count). The molecule has 1 aromatic heterocycles. The van der Waals surface area contributed by atoms with Crippen LogP contribution in [0.4, 0.5) is 0 Å². The molecule has 8 nitrogen and oxygen atoms in total. The first kappa shape index (κ1) is 28.1. The van der Waals surface area contributed by atoms with Crippen molar-refractivity contribution in [3.05, 3.63) is 88.3 Å². The largest absolute Gasteiger partial charge is 0.497 e. The predicted octanol–water partition coefficient (Wildman–Crippen LogP) is 5.38. The minimum Gasteiger partial charge on any atom is -0.497 e. The van der Waals surface area contributed by atoms with Crippen LogP contribution in [-0.4, -0.2) is 27.5 Å². The zero-order valence-electron chi connectivity index (χ0n) is 22.5. The Balaban J connectivity index is 1.67. The summed E-state index contributed by atoms with van der Waals surface area (Å²) < 4.78 is 45.1. The first-order valence-corrected chi connectivity index (χ1v) is 14.0. The Morgan fingerprint density at radius 2 is 1.67 bits per heavy atom. The van der Waals surface area contributed by atoms with Gasteiger partial charge in [0.05, 0.1) is 12.0 Å². The van der Waals surface area contributed by atoms with Crippen molar-refractivity contribution in [2.24, 2.45) is 5.92 Å². The van der Waals surface area contributed by atoms with Crippen molar-refractivity contribution in [1.82, 2.24) is 4.72 Å². The van der Waals surface area contributed by atoms with Gasteiger partial charge in [0.2, 0.25) is 10.0 Å². The van der Waals surface area contributed by atoms with Crippen molar-refractivity contribution in [2.45, 2.75) is 45.1 Å². The molecular formula is C30H31NO7S. The number of rotatable bonds is 9. The van der Waals surface area contributed by atoms with Crippen LogP contribution in [0.1, 0.15) is 31.4 Å². The number of methoxy groups -OCH3 is 1. The molecule has 2 atom stereocenters. The lowest BCUT2D eigenvalue weighted by Crippen LogP contribution is -2.47. The molecule has 1 heterocycles. The Morgan fingerprint density at radius 3 is 2.28 bits per heavy atom. The molecule has 0 amide bonds. The fraction of sp³-hybridized carbons (Fsp3) is 0.267. The fourth-order valence-electron chi connectivity index (χ4n) is 4.22. The van der Waals surface area contributed by atoms with E-state index in [1.807, 2.05) is 26.0 Å². The monoisotopic (exact) mass is 549 g/mol. The van der Waals surface area contributed by atoms with Crippen LogP contribution >= 0.6 is 0 Å². The average Bonchev–Trinajstić information content (AvgIpc) is 2.93. The van der Waals surface area contributed by atoms with E-state index in [-0.39, 0.29) is 22.1 Å². The third-order valence-corrected chi connectivity index (χ3v) is 8.26. The molecule has 0 aliphatic carbocycles. The number of sulfonamides is 1. The lowest BCUT2D eigenvalue weighted by atomic mass is 9.99. The molecule has 0 saturated heterocycles. The molecule has 204 valence electrons. The Kier molecular flexibility index (Phi) is 8.22. The van der Waals surface area contributed by atoms with Crippen LogP contribution in [-0.2, 0) is 14.8 Å². The molecule has 4 aromatic rings. The molecule has 2 unspecified atom stereocenters. The highest BCUT2D eigenvalue weighted by Gasteiger charge is 2.32. The van der Waals surface area contributed by atoms with Gasteiger partial charge in [0.1, 0.15) is 23.1 Å². The molecule has 0 bridgehead atoms. The summed E-state index contributed by atoms with van der Waals surface area (Å²) in [5, 5.41) is 0.663. The van der Waals surface area contributed by atoms with Crippen molar-refractivity contribution < 1.29 is 27.1 Å². The summed E-state index contributed by atoms with van der Waals surface area (Å²) in [7, 11) is -2.40. The number of esters is 1. The quantitative estimate of drug-likeness (QED) is 0.169. The maximum absolute atomic E-state index is 13.3. The summed E-state index contributed by atoms with van der Waals surface area (Å²) in [6.07, 6.45) is 0.535. The number of benzene rings is 3. The summed E-state index contributed by atoms with van der Waals surface area (Å²) in [6.45, 7) is 7.18. The van der Waals surface area contributed by atoms with Gasteiger partial charge in [0.15, 0.2) is 0 Å². The zero-order valence-corrected chi connectivity index (χ0v) is 23.3. The van der Waals surface area contributed by atoms with Crippen LogP contribution < -0.4 is 19.8 Å². The third kappa shape index (κ3) is 6.05. The molecule has 0 radical (unpaired) electrons. The fourth-order valence-corrected chi connectivity index (χ4v) is 5.51. The highest BCUT2D eigenvalue weighted by molar-refractivity contribution is 7.89. The Bertz CT molecular complexity index is 1660. The summed E-state index contributed by atoms with van der Waals surface area (Å²) >= 11 is 0. The number of fused-ring (bicyclic) bond motifs is 1. The van der Waals surface area contributed by atoms with Gasteiger partial charge >= 0.3 is 11.6 Å². The van der Waals surface area contributed by atoms with E-state index >= 15 is 0 Å². The molecule has 0 saturated carbocycles. The van der Waals surface area contributed by atoms with Gasteiger partial charge in [-0.25, -0.2) is 18.0 Å². The van der Waals surface area contributed by atoms with Gasteiger partial charge in [-0.2, -0.15) is 4.72 Å². The molecule has 1 N–H and O–H groups in total. The molecule has 0 aliphatic heterocycles. The first-order valence-electron chi connectivity index (χ1n) is 12.6. The van der Waals surface area contributed by atoms with E-state index in [0.29, 0.717) is 28.7 Å². The van der Waals surface area contributed by atoms with Gasteiger partial charge in [-0.05, 0) is 67.3 Å². The van der Waals surface area contributed by atoms with Crippen molar-refractivity contribution >= 4 is 27.0 Å².